The van der Waals surface area contributed by atoms with Gasteiger partial charge < -0.3 is 39.2 Å². The Morgan fingerprint density at radius 1 is 0.800 bits per heavy atom. The van der Waals surface area contributed by atoms with Crippen molar-refractivity contribution in [1.82, 2.24) is 5.32 Å². The summed E-state index contributed by atoms with van der Waals surface area (Å²) in [5.41, 5.74) is 0. The number of alkyl carbamates (subject to hydrolysis) is 1. The summed E-state index contributed by atoms with van der Waals surface area (Å²) in [6, 6.07) is -0.504. The highest BCUT2D eigenvalue weighted by Gasteiger charge is 2.49. The van der Waals surface area contributed by atoms with E-state index in [4.69, 9.17) is 58.5 Å². The molecule has 0 aromatic rings. The Hall–Kier alpha value is -0.863. The molecule has 0 aromatic heterocycles. The van der Waals surface area contributed by atoms with E-state index in [0.29, 0.717) is 6.42 Å². The lowest BCUT2D eigenvalue weighted by molar-refractivity contribution is -0.272. The molecule has 1 fully saturated rings. The van der Waals surface area contributed by atoms with Crippen molar-refractivity contribution in [3.63, 3.8) is 0 Å². The molecule has 1 amide bonds. The zero-order chi connectivity index (χ0) is 41.1. The van der Waals surface area contributed by atoms with Crippen molar-refractivity contribution < 1.29 is 48.3 Å². The fraction of sp³-hybridized carbons (Fsp3) is 0.925. The van der Waals surface area contributed by atoms with Crippen LogP contribution in [-0.2, 0) is 33.3 Å². The molecule has 0 aromatic carbocycles. The second kappa shape index (κ2) is 30.2. The van der Waals surface area contributed by atoms with Crippen LogP contribution in [0.4, 0.5) is 4.79 Å². The van der Waals surface area contributed by atoms with Gasteiger partial charge in [-0.3, -0.25) is 9.59 Å². The zero-order valence-corrected chi connectivity index (χ0v) is 37.7. The predicted octanol–water partition coefficient (Wildman–Crippen LogP) is 9.94. The number of carbonyl (C=O) groups is 3. The second-order valence-electron chi connectivity index (χ2n) is 16.2. The molecule has 11 nitrogen and oxygen atoms in total. The molecule has 3 N–H and O–H groups in total. The Labute approximate surface area is 347 Å². The molecule has 1 rings (SSSR count). The Bertz CT molecular complexity index is 1030. The van der Waals surface area contributed by atoms with E-state index in [0.717, 1.165) is 57.4 Å². The highest BCUT2D eigenvalue weighted by Crippen LogP contribution is 2.28. The normalized spacial score (nSPS) is 20.9. The molecular formula is C40H74Cl3NO10Si. The number of halogens is 3. The van der Waals surface area contributed by atoms with Crippen molar-refractivity contribution >= 4 is 60.9 Å². The molecule has 1 saturated heterocycles. The summed E-state index contributed by atoms with van der Waals surface area (Å²) in [6.45, 7) is 9.99. The van der Waals surface area contributed by atoms with Gasteiger partial charge in [-0.25, -0.2) is 4.79 Å². The Morgan fingerprint density at radius 2 is 1.33 bits per heavy atom. The maximum Gasteiger partial charge on any atom is 0.407 e. The van der Waals surface area contributed by atoms with Crippen LogP contribution in [0.2, 0.25) is 25.7 Å². The van der Waals surface area contributed by atoms with Crippen molar-refractivity contribution in [3.05, 3.63) is 0 Å². The molecule has 0 bridgehead atoms. The molecule has 55 heavy (non-hydrogen) atoms. The molecule has 15 heteroatoms. The number of carbonyl (C=O) groups excluding carboxylic acids is 3. The number of aliphatic hydroxyl groups excluding tert-OH is 2. The van der Waals surface area contributed by atoms with Crippen LogP contribution in [-0.4, -0.2) is 96.7 Å². The van der Waals surface area contributed by atoms with Crippen molar-refractivity contribution in [3.8, 4) is 0 Å². The van der Waals surface area contributed by atoms with E-state index >= 15 is 0 Å². The van der Waals surface area contributed by atoms with E-state index in [-0.39, 0.29) is 25.4 Å². The minimum absolute atomic E-state index is 0.250. The topological polar surface area (TPSA) is 150 Å². The van der Waals surface area contributed by atoms with E-state index < -0.39 is 73.9 Å². The largest absolute Gasteiger partial charge is 0.462 e. The maximum atomic E-state index is 13.6. The van der Waals surface area contributed by atoms with Gasteiger partial charge in [-0.1, -0.05) is 171 Å². The first kappa shape index (κ1) is 52.2. The molecule has 1 aliphatic rings. The number of hydrogen-bond acceptors (Lipinski definition) is 10. The standard InChI is InChI=1S/C40H74Cl3NO10Si/c1-6-8-10-12-14-16-18-20-22-24-31(52-33(46)25-23-21-19-17-15-13-11-9-7-2)28-34(47)54-37-35(44-39(49)51-30-40(41,42)43)38(50-26-27-55(3,4)5)53-32(29-45)36(37)48/h31-32,35-38,45,48H,6-30H2,1-5H3,(H,44,49)/t31-,32-,35+,36-,37-,38+/m1/s1. The van der Waals surface area contributed by atoms with Gasteiger partial charge in [-0.15, -0.1) is 0 Å². The van der Waals surface area contributed by atoms with Crippen LogP contribution in [0.1, 0.15) is 149 Å². The second-order valence-corrected chi connectivity index (χ2v) is 24.4. The lowest BCUT2D eigenvalue weighted by atomic mass is 9.96. The maximum absolute atomic E-state index is 13.6. The van der Waals surface area contributed by atoms with Gasteiger partial charge in [0.15, 0.2) is 12.4 Å². The number of rotatable bonds is 31. The Balaban J connectivity index is 3.01. The zero-order valence-electron chi connectivity index (χ0n) is 34.4. The average Bonchev–Trinajstić information content (AvgIpc) is 3.10. The van der Waals surface area contributed by atoms with Gasteiger partial charge in [0, 0.05) is 21.1 Å². The number of esters is 2. The van der Waals surface area contributed by atoms with Crippen molar-refractivity contribution in [2.24, 2.45) is 0 Å². The summed E-state index contributed by atoms with van der Waals surface area (Å²) >= 11 is 17.3. The van der Waals surface area contributed by atoms with Crippen molar-refractivity contribution in [2.45, 2.75) is 215 Å². The first-order valence-corrected chi connectivity index (χ1v) is 25.9. The fourth-order valence-electron chi connectivity index (χ4n) is 6.41. The number of unbranched alkanes of at least 4 members (excludes halogenated alkanes) is 16. The van der Waals surface area contributed by atoms with Gasteiger partial charge in [-0.05, 0) is 25.3 Å². The van der Waals surface area contributed by atoms with Crippen molar-refractivity contribution in [1.29, 1.82) is 0 Å². The predicted molar refractivity (Wildman–Crippen MR) is 222 cm³/mol. The van der Waals surface area contributed by atoms with E-state index in [9.17, 15) is 24.6 Å². The molecule has 0 aliphatic carbocycles. The first-order chi connectivity index (χ1) is 26.1. The summed E-state index contributed by atoms with van der Waals surface area (Å²) in [5.74, 6) is -1.10. The molecule has 1 heterocycles. The number of aliphatic hydroxyl groups is 2. The summed E-state index contributed by atoms with van der Waals surface area (Å²) in [7, 11) is -1.55. The van der Waals surface area contributed by atoms with E-state index in [1.165, 1.54) is 64.2 Å². The van der Waals surface area contributed by atoms with E-state index in [2.05, 4.69) is 38.8 Å². The number of hydrogen-bond donors (Lipinski definition) is 3. The van der Waals surface area contributed by atoms with Gasteiger partial charge in [0.05, 0.1) is 13.0 Å². The van der Waals surface area contributed by atoms with Crippen LogP contribution in [0.25, 0.3) is 0 Å². The lowest BCUT2D eigenvalue weighted by Crippen LogP contribution is -2.66. The van der Waals surface area contributed by atoms with E-state index in [1.807, 2.05) is 0 Å². The summed E-state index contributed by atoms with van der Waals surface area (Å²) in [4.78, 5) is 39.4. The highest BCUT2D eigenvalue weighted by molar-refractivity contribution is 6.76. The number of ether oxygens (including phenoxy) is 5. The van der Waals surface area contributed by atoms with Crippen LogP contribution in [0, 0.1) is 0 Å². The Morgan fingerprint density at radius 3 is 1.84 bits per heavy atom. The molecule has 6 atom stereocenters. The quantitative estimate of drug-likeness (QED) is 0.0202. The minimum Gasteiger partial charge on any atom is -0.462 e. The number of alkyl halides is 3. The Kier molecular flexibility index (Phi) is 28.7. The number of nitrogens with one attached hydrogen (secondary N) is 1. The van der Waals surface area contributed by atoms with Crippen LogP contribution in [0.5, 0.6) is 0 Å². The van der Waals surface area contributed by atoms with Gasteiger partial charge in [0.2, 0.25) is 3.79 Å². The monoisotopic (exact) mass is 861 g/mol. The minimum atomic E-state index is -1.88. The van der Waals surface area contributed by atoms with Gasteiger partial charge in [0.25, 0.3) is 0 Å². The molecule has 1 aliphatic heterocycles. The third-order valence-corrected chi connectivity index (χ3v) is 11.7. The van der Waals surface area contributed by atoms with Gasteiger partial charge in [0.1, 0.15) is 31.0 Å². The highest BCUT2D eigenvalue weighted by atomic mass is 35.6. The summed E-state index contributed by atoms with van der Waals surface area (Å²) < 4.78 is 26.8. The number of amides is 1. The molecular weight excluding hydrogens is 789 g/mol. The van der Waals surface area contributed by atoms with Crippen LogP contribution in [0.15, 0.2) is 0 Å². The molecule has 0 spiro atoms. The summed E-state index contributed by atoms with van der Waals surface area (Å²) in [5, 5.41) is 23.8. The smallest absolute Gasteiger partial charge is 0.407 e. The third-order valence-electron chi connectivity index (χ3n) is 9.71. The van der Waals surface area contributed by atoms with Crippen LogP contribution in [0.3, 0.4) is 0 Å². The van der Waals surface area contributed by atoms with Crippen LogP contribution < -0.4 is 5.32 Å². The van der Waals surface area contributed by atoms with Gasteiger partial charge in [-0.2, -0.15) is 0 Å². The lowest BCUT2D eigenvalue weighted by Gasteiger charge is -2.43. The SMILES string of the molecule is CCCCCCCCCCCC(=O)O[C@H](CCCCCCCCCCC)CC(=O)O[C@H]1[C@H](O)[C@@H](CO)O[C@H](OCC[Si](C)(C)C)[C@H]1NC(=O)OCC(Cl)(Cl)Cl. The van der Waals surface area contributed by atoms with Gasteiger partial charge >= 0.3 is 18.0 Å². The van der Waals surface area contributed by atoms with Crippen molar-refractivity contribution in [2.75, 3.05) is 19.8 Å². The third kappa shape index (κ3) is 26.7. The van der Waals surface area contributed by atoms with E-state index in [1.54, 1.807) is 0 Å². The van der Waals surface area contributed by atoms with Crippen LogP contribution >= 0.6 is 34.8 Å². The fourth-order valence-corrected chi connectivity index (χ4v) is 7.30. The molecule has 0 unspecified atom stereocenters. The molecule has 0 saturated carbocycles. The average molecular weight is 863 g/mol. The molecule has 0 radical (unpaired) electrons. The first-order valence-electron chi connectivity index (χ1n) is 21.0. The molecule has 324 valence electrons. The summed E-state index contributed by atoms with van der Waals surface area (Å²) in [6.07, 6.45) is 13.6.